The molecule has 18 heavy (non-hydrogen) atoms. The Morgan fingerprint density at radius 1 is 1.56 bits per heavy atom. The van der Waals surface area contributed by atoms with Crippen LogP contribution in [0.1, 0.15) is 29.1 Å². The first-order valence-corrected chi connectivity index (χ1v) is 5.87. The molecular weight excluding hydrogens is 305 g/mol. The first kappa shape index (κ1) is 12.6. The van der Waals surface area contributed by atoms with Gasteiger partial charge in [0.05, 0.1) is 16.1 Å². The van der Waals surface area contributed by atoms with Crippen LogP contribution in [-0.2, 0) is 0 Å². The monoisotopic (exact) mass is 313 g/mol. The van der Waals surface area contributed by atoms with Crippen molar-refractivity contribution in [1.29, 1.82) is 0 Å². The van der Waals surface area contributed by atoms with Crippen LogP contribution in [-0.4, -0.2) is 26.5 Å². The van der Waals surface area contributed by atoms with Crippen molar-refractivity contribution in [2.45, 2.75) is 13.0 Å². The number of nitrogens with zero attached hydrogens (tertiary/aromatic N) is 3. The molecule has 0 saturated carbocycles. The van der Waals surface area contributed by atoms with Gasteiger partial charge in [0, 0.05) is 0 Å². The third-order valence-electron chi connectivity index (χ3n) is 2.29. The van der Waals surface area contributed by atoms with Crippen LogP contribution >= 0.6 is 15.9 Å². The molecule has 0 aliphatic carbocycles. The van der Waals surface area contributed by atoms with Crippen molar-refractivity contribution in [3.8, 4) is 0 Å². The molecule has 8 heteroatoms. The Balaban J connectivity index is 2.15. The zero-order chi connectivity index (χ0) is 13.1. The van der Waals surface area contributed by atoms with Gasteiger partial charge in [0.15, 0.2) is 5.82 Å². The number of carbonyl (C=O) groups is 1. The van der Waals surface area contributed by atoms with Gasteiger partial charge in [-0.05, 0) is 35.0 Å². The molecule has 1 aromatic carbocycles. The molecule has 0 radical (unpaired) electrons. The summed E-state index contributed by atoms with van der Waals surface area (Å²) in [6.45, 7) is 1.68. The molecule has 0 bridgehead atoms. The lowest BCUT2D eigenvalue weighted by Gasteiger charge is -2.10. The fourth-order valence-electron chi connectivity index (χ4n) is 1.37. The van der Waals surface area contributed by atoms with Crippen molar-refractivity contribution in [3.63, 3.8) is 0 Å². The Kier molecular flexibility index (Phi) is 3.66. The van der Waals surface area contributed by atoms with Crippen molar-refractivity contribution in [3.05, 3.63) is 39.9 Å². The Hall–Kier alpha value is -1.83. The third-order valence-corrected chi connectivity index (χ3v) is 2.91. The molecule has 1 atom stereocenters. The van der Waals surface area contributed by atoms with Crippen LogP contribution < -0.4 is 5.32 Å². The summed E-state index contributed by atoms with van der Waals surface area (Å²) >= 11 is 3.02. The Morgan fingerprint density at radius 3 is 3.00 bits per heavy atom. The standard InChI is InChI=1S/C10H9BrFN5O/c1-5(9-14-16-17-15-9)13-10(18)6-3-2-4-7(11)8(6)12/h2-5H,1H3,(H,13,18)(H,14,15,16,17). The number of H-pyrrole nitrogens is 1. The van der Waals surface area contributed by atoms with Crippen molar-refractivity contribution >= 4 is 21.8 Å². The van der Waals surface area contributed by atoms with Crippen molar-refractivity contribution in [2.75, 3.05) is 0 Å². The zero-order valence-electron chi connectivity index (χ0n) is 9.32. The van der Waals surface area contributed by atoms with Crippen LogP contribution in [0.25, 0.3) is 0 Å². The second-order valence-corrected chi connectivity index (χ2v) is 4.42. The lowest BCUT2D eigenvalue weighted by molar-refractivity contribution is 0.0934. The van der Waals surface area contributed by atoms with E-state index in [0.717, 1.165) is 0 Å². The van der Waals surface area contributed by atoms with E-state index in [1.54, 1.807) is 13.0 Å². The molecule has 1 aromatic heterocycles. The van der Waals surface area contributed by atoms with E-state index in [9.17, 15) is 9.18 Å². The van der Waals surface area contributed by atoms with Gasteiger partial charge in [0.2, 0.25) is 0 Å². The largest absolute Gasteiger partial charge is 0.342 e. The molecule has 1 heterocycles. The summed E-state index contributed by atoms with van der Waals surface area (Å²) in [6, 6.07) is 4.04. The normalized spacial score (nSPS) is 12.2. The molecule has 0 aliphatic heterocycles. The molecule has 1 amide bonds. The number of halogens is 2. The second-order valence-electron chi connectivity index (χ2n) is 3.57. The highest BCUT2D eigenvalue weighted by Crippen LogP contribution is 2.19. The van der Waals surface area contributed by atoms with Crippen molar-refractivity contribution in [1.82, 2.24) is 25.9 Å². The van der Waals surface area contributed by atoms with Gasteiger partial charge in [-0.3, -0.25) is 4.79 Å². The first-order valence-electron chi connectivity index (χ1n) is 5.08. The number of hydrogen-bond donors (Lipinski definition) is 2. The number of rotatable bonds is 3. The van der Waals surface area contributed by atoms with E-state index in [1.165, 1.54) is 12.1 Å². The smallest absolute Gasteiger partial charge is 0.254 e. The number of nitrogens with one attached hydrogen (secondary N) is 2. The molecular formula is C10H9BrFN5O. The number of aromatic amines is 1. The summed E-state index contributed by atoms with van der Waals surface area (Å²) in [6.07, 6.45) is 0. The van der Waals surface area contributed by atoms with Crippen LogP contribution in [0.4, 0.5) is 4.39 Å². The average molecular weight is 314 g/mol. The van der Waals surface area contributed by atoms with E-state index in [-0.39, 0.29) is 10.0 Å². The number of aromatic nitrogens is 4. The maximum Gasteiger partial charge on any atom is 0.254 e. The van der Waals surface area contributed by atoms with E-state index in [0.29, 0.717) is 5.82 Å². The average Bonchev–Trinajstić information content (AvgIpc) is 2.86. The molecule has 2 aromatic rings. The lowest BCUT2D eigenvalue weighted by Crippen LogP contribution is -2.28. The van der Waals surface area contributed by atoms with E-state index in [4.69, 9.17) is 0 Å². The van der Waals surface area contributed by atoms with Gasteiger partial charge in [0.1, 0.15) is 5.82 Å². The maximum absolute atomic E-state index is 13.7. The van der Waals surface area contributed by atoms with Crippen LogP contribution in [0.3, 0.4) is 0 Å². The molecule has 1 unspecified atom stereocenters. The van der Waals surface area contributed by atoms with E-state index < -0.39 is 17.8 Å². The fourth-order valence-corrected chi connectivity index (χ4v) is 1.74. The van der Waals surface area contributed by atoms with Crippen LogP contribution in [0.15, 0.2) is 22.7 Å². The zero-order valence-corrected chi connectivity index (χ0v) is 10.9. The van der Waals surface area contributed by atoms with Gasteiger partial charge in [0.25, 0.3) is 5.91 Å². The number of carbonyl (C=O) groups excluding carboxylic acids is 1. The Labute approximate surface area is 110 Å². The maximum atomic E-state index is 13.7. The van der Waals surface area contributed by atoms with E-state index in [1.807, 2.05) is 0 Å². The van der Waals surface area contributed by atoms with E-state index >= 15 is 0 Å². The van der Waals surface area contributed by atoms with E-state index in [2.05, 4.69) is 41.9 Å². The molecule has 0 spiro atoms. The highest BCUT2D eigenvalue weighted by Gasteiger charge is 2.18. The van der Waals surface area contributed by atoms with Gasteiger partial charge < -0.3 is 5.32 Å². The molecule has 0 saturated heterocycles. The number of amides is 1. The minimum atomic E-state index is -0.602. The molecule has 2 N–H and O–H groups in total. The van der Waals surface area contributed by atoms with Crippen molar-refractivity contribution in [2.24, 2.45) is 0 Å². The predicted molar refractivity (Wildman–Crippen MR) is 64.2 cm³/mol. The third kappa shape index (κ3) is 2.53. The molecule has 2 rings (SSSR count). The number of tetrazole rings is 1. The lowest BCUT2D eigenvalue weighted by atomic mass is 10.2. The Morgan fingerprint density at radius 2 is 2.33 bits per heavy atom. The fraction of sp³-hybridized carbons (Fsp3) is 0.200. The first-order chi connectivity index (χ1) is 8.59. The topological polar surface area (TPSA) is 83.6 Å². The minimum Gasteiger partial charge on any atom is -0.342 e. The predicted octanol–water partition coefficient (Wildman–Crippen LogP) is 1.59. The van der Waals surface area contributed by atoms with Crippen LogP contribution in [0, 0.1) is 5.82 Å². The van der Waals surface area contributed by atoms with Gasteiger partial charge >= 0.3 is 0 Å². The van der Waals surface area contributed by atoms with Crippen LogP contribution in [0.5, 0.6) is 0 Å². The highest BCUT2D eigenvalue weighted by molar-refractivity contribution is 9.10. The second kappa shape index (κ2) is 5.21. The van der Waals surface area contributed by atoms with Gasteiger partial charge in [-0.2, -0.15) is 5.21 Å². The van der Waals surface area contributed by atoms with Gasteiger partial charge in [-0.25, -0.2) is 4.39 Å². The van der Waals surface area contributed by atoms with Gasteiger partial charge in [-0.1, -0.05) is 11.3 Å². The van der Waals surface area contributed by atoms with Gasteiger partial charge in [-0.15, -0.1) is 10.2 Å². The summed E-state index contributed by atoms with van der Waals surface area (Å²) in [5, 5.41) is 15.7. The summed E-state index contributed by atoms with van der Waals surface area (Å²) < 4.78 is 13.9. The quantitative estimate of drug-likeness (QED) is 0.901. The summed E-state index contributed by atoms with van der Waals surface area (Å²) in [7, 11) is 0. The SMILES string of the molecule is CC(NC(=O)c1cccc(Br)c1F)c1nn[nH]n1. The molecule has 0 aliphatic rings. The van der Waals surface area contributed by atoms with Crippen molar-refractivity contribution < 1.29 is 9.18 Å². The molecule has 0 fully saturated rings. The minimum absolute atomic E-state index is 0.0419. The highest BCUT2D eigenvalue weighted by atomic mass is 79.9. The summed E-state index contributed by atoms with van der Waals surface area (Å²) in [5.41, 5.74) is -0.0419. The number of benzene rings is 1. The number of hydrogen-bond acceptors (Lipinski definition) is 4. The summed E-state index contributed by atoms with van der Waals surface area (Å²) in [4.78, 5) is 11.9. The Bertz CT molecular complexity index is 559. The summed E-state index contributed by atoms with van der Waals surface area (Å²) in [5.74, 6) is -0.805. The van der Waals surface area contributed by atoms with Crippen LogP contribution in [0.2, 0.25) is 0 Å². The molecule has 94 valence electrons. The molecule has 6 nitrogen and oxygen atoms in total.